The van der Waals surface area contributed by atoms with Gasteiger partial charge in [-0.3, -0.25) is 4.79 Å². The molecule has 0 saturated carbocycles. The molecule has 2 aliphatic heterocycles. The highest BCUT2D eigenvalue weighted by Gasteiger charge is 2.28. The van der Waals surface area contributed by atoms with E-state index in [0.29, 0.717) is 25.0 Å². The van der Waals surface area contributed by atoms with E-state index in [4.69, 9.17) is 9.47 Å². The summed E-state index contributed by atoms with van der Waals surface area (Å²) in [6.07, 6.45) is 2.54. The highest BCUT2D eigenvalue weighted by Crippen LogP contribution is 2.15. The highest BCUT2D eigenvalue weighted by molar-refractivity contribution is 14.0. The summed E-state index contributed by atoms with van der Waals surface area (Å²) in [5.41, 5.74) is -0.512. The Bertz CT molecular complexity index is 588. The van der Waals surface area contributed by atoms with E-state index in [1.165, 1.54) is 4.90 Å². The third-order valence-electron chi connectivity index (χ3n) is 4.87. The van der Waals surface area contributed by atoms with Crippen molar-refractivity contribution in [2.75, 3.05) is 53.5 Å². The molecule has 2 atom stereocenters. The van der Waals surface area contributed by atoms with E-state index in [1.54, 1.807) is 19.0 Å². The molecule has 2 aliphatic rings. The van der Waals surface area contributed by atoms with Crippen molar-refractivity contribution in [3.8, 4) is 0 Å². The quantitative estimate of drug-likeness (QED) is 0.314. The largest absolute Gasteiger partial charge is 0.444 e. The Morgan fingerprint density at radius 3 is 2.60 bits per heavy atom. The molecule has 2 heterocycles. The molecule has 0 bridgehead atoms. The van der Waals surface area contributed by atoms with Crippen LogP contribution in [0.15, 0.2) is 4.99 Å². The lowest BCUT2D eigenvalue weighted by molar-refractivity contribution is -0.127. The molecule has 0 aromatic heterocycles. The number of halogens is 1. The lowest BCUT2D eigenvalue weighted by Crippen LogP contribution is -2.53. The van der Waals surface area contributed by atoms with Gasteiger partial charge in [0.05, 0.1) is 6.61 Å². The van der Waals surface area contributed by atoms with Gasteiger partial charge in [-0.15, -0.1) is 24.0 Å². The normalized spacial score (nSPS) is 22.2. The van der Waals surface area contributed by atoms with Crippen LogP contribution in [-0.2, 0) is 14.3 Å². The topological polar surface area (TPSA) is 95.5 Å². The number of hydrogen-bond donors (Lipinski definition) is 2. The number of rotatable bonds is 5. The number of aliphatic imine (C=N–C) groups is 1. The van der Waals surface area contributed by atoms with Crippen LogP contribution in [0.4, 0.5) is 4.79 Å². The molecule has 2 saturated heterocycles. The molecule has 0 aromatic rings. The summed E-state index contributed by atoms with van der Waals surface area (Å²) in [6.45, 7) is 9.19. The van der Waals surface area contributed by atoms with Gasteiger partial charge in [-0.05, 0) is 40.0 Å². The number of carbonyl (C=O) groups is 2. The number of likely N-dealkylation sites (tertiary alicyclic amines) is 1. The number of nitrogens with one attached hydrogen (secondary N) is 2. The molecule has 0 aromatic carbocycles. The standard InChI is InChI=1S/C20H37N5O4.HI/c1-20(2,3)29-19(27)25-9-6-7-16(13-25)23-18(22-12-17(26)24(4)5)21-11-15-8-10-28-14-15;/h15-16H,6-14H2,1-5H3,(H2,21,22,23);1H. The third-order valence-corrected chi connectivity index (χ3v) is 4.87. The molecular weight excluding hydrogens is 501 g/mol. The van der Waals surface area contributed by atoms with Gasteiger partial charge >= 0.3 is 6.09 Å². The predicted octanol–water partition coefficient (Wildman–Crippen LogP) is 1.66. The van der Waals surface area contributed by atoms with Gasteiger partial charge in [-0.2, -0.15) is 0 Å². The van der Waals surface area contributed by atoms with Crippen LogP contribution in [0.25, 0.3) is 0 Å². The molecule has 174 valence electrons. The molecule has 0 radical (unpaired) electrons. The van der Waals surface area contributed by atoms with Crippen LogP contribution < -0.4 is 10.6 Å². The van der Waals surface area contributed by atoms with E-state index in [0.717, 1.165) is 39.0 Å². The average molecular weight is 539 g/mol. The first kappa shape index (κ1) is 26.7. The molecule has 2 unspecified atom stereocenters. The maximum absolute atomic E-state index is 12.4. The van der Waals surface area contributed by atoms with Crippen LogP contribution >= 0.6 is 24.0 Å². The van der Waals surface area contributed by atoms with Crippen molar-refractivity contribution in [1.82, 2.24) is 20.4 Å². The summed E-state index contributed by atoms with van der Waals surface area (Å²) >= 11 is 0. The summed E-state index contributed by atoms with van der Waals surface area (Å²) < 4.78 is 10.9. The average Bonchev–Trinajstić information content (AvgIpc) is 3.16. The molecule has 2 amide bonds. The summed E-state index contributed by atoms with van der Waals surface area (Å²) in [6, 6.07) is 0.0526. The molecule has 2 rings (SSSR count). The minimum atomic E-state index is -0.512. The van der Waals surface area contributed by atoms with E-state index in [9.17, 15) is 9.59 Å². The molecule has 0 spiro atoms. The molecule has 9 nitrogen and oxygen atoms in total. The van der Waals surface area contributed by atoms with Gasteiger partial charge < -0.3 is 29.9 Å². The van der Waals surface area contributed by atoms with E-state index < -0.39 is 5.60 Å². The first-order valence-corrected chi connectivity index (χ1v) is 10.4. The highest BCUT2D eigenvalue weighted by atomic mass is 127. The number of nitrogens with zero attached hydrogens (tertiary/aromatic N) is 3. The van der Waals surface area contributed by atoms with Crippen LogP contribution in [0.2, 0.25) is 0 Å². The maximum Gasteiger partial charge on any atom is 0.410 e. The first-order chi connectivity index (χ1) is 13.6. The molecule has 10 heteroatoms. The zero-order valence-electron chi connectivity index (χ0n) is 18.9. The molecule has 2 fully saturated rings. The monoisotopic (exact) mass is 539 g/mol. The van der Waals surface area contributed by atoms with Crippen LogP contribution in [-0.4, -0.2) is 92.9 Å². The van der Waals surface area contributed by atoms with Crippen LogP contribution in [0.5, 0.6) is 0 Å². The number of hydrogen-bond acceptors (Lipinski definition) is 5. The minimum absolute atomic E-state index is 0. The Morgan fingerprint density at radius 2 is 2.00 bits per heavy atom. The van der Waals surface area contributed by atoms with Crippen molar-refractivity contribution >= 4 is 41.9 Å². The molecule has 0 aliphatic carbocycles. The number of carbonyl (C=O) groups excluding carboxylic acids is 2. The smallest absolute Gasteiger partial charge is 0.410 e. The number of likely N-dealkylation sites (N-methyl/N-ethyl adjacent to an activating group) is 1. The van der Waals surface area contributed by atoms with Crippen molar-refractivity contribution in [2.45, 2.75) is 51.7 Å². The first-order valence-electron chi connectivity index (χ1n) is 10.4. The van der Waals surface area contributed by atoms with Crippen molar-refractivity contribution in [3.05, 3.63) is 0 Å². The summed E-state index contributed by atoms with van der Waals surface area (Å²) in [4.78, 5) is 32.1. The van der Waals surface area contributed by atoms with E-state index >= 15 is 0 Å². The van der Waals surface area contributed by atoms with Gasteiger partial charge in [-0.25, -0.2) is 9.79 Å². The Morgan fingerprint density at radius 1 is 1.27 bits per heavy atom. The van der Waals surface area contributed by atoms with Crippen molar-refractivity contribution in [2.24, 2.45) is 10.9 Å². The molecule has 30 heavy (non-hydrogen) atoms. The Kier molecular flexibility index (Phi) is 11.2. The number of piperidine rings is 1. The Hall–Kier alpha value is -1.30. The number of ether oxygens (including phenoxy) is 2. The van der Waals surface area contributed by atoms with Crippen molar-refractivity contribution in [3.63, 3.8) is 0 Å². The second-order valence-electron chi connectivity index (χ2n) is 8.97. The van der Waals surface area contributed by atoms with Gasteiger partial charge in [-0.1, -0.05) is 0 Å². The SMILES string of the molecule is CN(C)C(=O)CN=C(NCC1CCOC1)NC1CCCN(C(=O)OC(C)(C)C)C1.I. The Balaban J connectivity index is 0.00000450. The summed E-state index contributed by atoms with van der Waals surface area (Å²) in [5.74, 6) is 0.980. The fourth-order valence-corrected chi connectivity index (χ4v) is 3.21. The fraction of sp³-hybridized carbons (Fsp3) is 0.850. The number of amides is 2. The second kappa shape index (κ2) is 12.5. The van der Waals surface area contributed by atoms with Crippen molar-refractivity contribution < 1.29 is 19.1 Å². The van der Waals surface area contributed by atoms with Gasteiger partial charge in [0, 0.05) is 52.3 Å². The van der Waals surface area contributed by atoms with E-state index in [1.807, 2.05) is 20.8 Å². The summed E-state index contributed by atoms with van der Waals surface area (Å²) in [5, 5.41) is 6.74. The number of guanidine groups is 1. The second-order valence-corrected chi connectivity index (χ2v) is 8.97. The van der Waals surface area contributed by atoms with Gasteiger partial charge in [0.1, 0.15) is 12.1 Å². The molecule has 2 N–H and O–H groups in total. The van der Waals surface area contributed by atoms with Crippen LogP contribution in [0, 0.1) is 5.92 Å². The van der Waals surface area contributed by atoms with Crippen LogP contribution in [0.3, 0.4) is 0 Å². The van der Waals surface area contributed by atoms with Gasteiger partial charge in [0.2, 0.25) is 5.91 Å². The Labute approximate surface area is 197 Å². The lowest BCUT2D eigenvalue weighted by atomic mass is 10.1. The maximum atomic E-state index is 12.4. The van der Waals surface area contributed by atoms with Crippen LogP contribution in [0.1, 0.15) is 40.0 Å². The third kappa shape index (κ3) is 9.67. The van der Waals surface area contributed by atoms with E-state index in [-0.39, 0.29) is 48.6 Å². The van der Waals surface area contributed by atoms with E-state index in [2.05, 4.69) is 15.6 Å². The summed E-state index contributed by atoms with van der Waals surface area (Å²) in [7, 11) is 3.43. The van der Waals surface area contributed by atoms with Gasteiger partial charge in [0.25, 0.3) is 0 Å². The minimum Gasteiger partial charge on any atom is -0.444 e. The molecular formula is C20H38IN5O4. The van der Waals surface area contributed by atoms with Gasteiger partial charge in [0.15, 0.2) is 5.96 Å². The zero-order chi connectivity index (χ0) is 21.4. The lowest BCUT2D eigenvalue weighted by Gasteiger charge is -2.35. The predicted molar refractivity (Wildman–Crippen MR) is 127 cm³/mol. The zero-order valence-corrected chi connectivity index (χ0v) is 21.2. The fourth-order valence-electron chi connectivity index (χ4n) is 3.21. The van der Waals surface area contributed by atoms with Crippen molar-refractivity contribution in [1.29, 1.82) is 0 Å².